The Balaban J connectivity index is 1.83. The second kappa shape index (κ2) is 11.8. The van der Waals surface area contributed by atoms with Crippen LogP contribution in [-0.4, -0.2) is 39.4 Å². The summed E-state index contributed by atoms with van der Waals surface area (Å²) in [4.78, 5) is 13.0. The fraction of sp³-hybridized carbons (Fsp3) is 0.240. The number of nitrogens with zero attached hydrogens (tertiary/aromatic N) is 1. The summed E-state index contributed by atoms with van der Waals surface area (Å²) in [6.45, 7) is 1.37. The molecule has 0 bridgehead atoms. The van der Waals surface area contributed by atoms with E-state index in [4.69, 9.17) is 32.7 Å². The van der Waals surface area contributed by atoms with Crippen molar-refractivity contribution in [2.75, 3.05) is 20.8 Å². The first-order valence-electron chi connectivity index (χ1n) is 10.7. The second-order valence-corrected chi connectivity index (χ2v) is 10.6. The Bertz CT molecular complexity index is 1280. The Morgan fingerprint density at radius 2 is 1.63 bits per heavy atom. The summed E-state index contributed by atoms with van der Waals surface area (Å²) in [5, 5.41) is 3.74. The molecule has 0 aromatic heterocycles. The summed E-state index contributed by atoms with van der Waals surface area (Å²) < 4.78 is 38.5. The molecule has 0 aliphatic rings. The van der Waals surface area contributed by atoms with Crippen LogP contribution in [0.5, 0.6) is 11.5 Å². The highest BCUT2D eigenvalue weighted by Crippen LogP contribution is 2.30. The van der Waals surface area contributed by atoms with Crippen LogP contribution < -0.4 is 14.8 Å². The van der Waals surface area contributed by atoms with E-state index in [0.29, 0.717) is 27.1 Å². The summed E-state index contributed by atoms with van der Waals surface area (Å²) in [7, 11) is -0.942. The van der Waals surface area contributed by atoms with Gasteiger partial charge in [-0.1, -0.05) is 41.4 Å². The molecule has 0 saturated heterocycles. The number of amides is 1. The predicted octanol–water partition coefficient (Wildman–Crippen LogP) is 5.08. The van der Waals surface area contributed by atoms with Gasteiger partial charge in [-0.15, -0.1) is 0 Å². The van der Waals surface area contributed by atoms with E-state index in [2.05, 4.69) is 5.32 Å². The summed E-state index contributed by atoms with van der Waals surface area (Å²) in [6.07, 6.45) is 0. The molecule has 1 N–H and O–H groups in total. The van der Waals surface area contributed by atoms with E-state index in [1.807, 2.05) is 0 Å². The number of carbonyl (C=O) groups excluding carboxylic acids is 1. The maximum Gasteiger partial charge on any atom is 0.243 e. The fourth-order valence-corrected chi connectivity index (χ4v) is 5.20. The smallest absolute Gasteiger partial charge is 0.243 e. The molecule has 0 heterocycles. The zero-order valence-electron chi connectivity index (χ0n) is 19.5. The Morgan fingerprint density at radius 1 is 0.943 bits per heavy atom. The van der Waals surface area contributed by atoms with Crippen molar-refractivity contribution in [2.24, 2.45) is 0 Å². The summed E-state index contributed by atoms with van der Waals surface area (Å²) >= 11 is 12.0. The van der Waals surface area contributed by atoms with Crippen molar-refractivity contribution >= 4 is 39.1 Å². The minimum absolute atomic E-state index is 0.0321. The maximum atomic E-state index is 13.4. The van der Waals surface area contributed by atoms with Crippen LogP contribution in [0.15, 0.2) is 71.6 Å². The molecule has 0 spiro atoms. The lowest BCUT2D eigenvalue weighted by molar-refractivity contribution is -0.122. The SMILES string of the molecule is COc1ccc([C@H](C)NC(=O)CN(Cc2cccc(Cl)c2)S(=O)(=O)c2ccc(Cl)cc2)cc1OC. The van der Waals surface area contributed by atoms with Gasteiger partial charge in [0.15, 0.2) is 11.5 Å². The van der Waals surface area contributed by atoms with Gasteiger partial charge in [0.1, 0.15) is 0 Å². The maximum absolute atomic E-state index is 13.4. The third kappa shape index (κ3) is 6.89. The van der Waals surface area contributed by atoms with Crippen molar-refractivity contribution < 1.29 is 22.7 Å². The molecule has 0 aliphatic heterocycles. The van der Waals surface area contributed by atoms with Crippen LogP contribution in [-0.2, 0) is 21.4 Å². The third-order valence-corrected chi connectivity index (χ3v) is 7.60. The van der Waals surface area contributed by atoms with Crippen molar-refractivity contribution in [3.05, 3.63) is 87.9 Å². The van der Waals surface area contributed by atoms with Gasteiger partial charge in [0.2, 0.25) is 15.9 Å². The first-order chi connectivity index (χ1) is 16.6. The second-order valence-electron chi connectivity index (χ2n) is 7.76. The van der Waals surface area contributed by atoms with Crippen molar-refractivity contribution in [3.8, 4) is 11.5 Å². The molecule has 0 saturated carbocycles. The molecule has 1 atom stereocenters. The van der Waals surface area contributed by atoms with Gasteiger partial charge in [-0.3, -0.25) is 4.79 Å². The minimum atomic E-state index is -4.01. The molecule has 0 radical (unpaired) electrons. The number of sulfonamides is 1. The quantitative estimate of drug-likeness (QED) is 0.390. The van der Waals surface area contributed by atoms with Crippen LogP contribution in [0.25, 0.3) is 0 Å². The number of nitrogens with one attached hydrogen (secondary N) is 1. The van der Waals surface area contributed by atoms with Crippen LogP contribution in [0.3, 0.4) is 0 Å². The van der Waals surface area contributed by atoms with Crippen molar-refractivity contribution in [3.63, 3.8) is 0 Å². The normalized spacial score (nSPS) is 12.3. The van der Waals surface area contributed by atoms with E-state index >= 15 is 0 Å². The molecule has 3 rings (SSSR count). The molecule has 3 aromatic rings. The Kier molecular flexibility index (Phi) is 9.02. The highest BCUT2D eigenvalue weighted by Gasteiger charge is 2.27. The van der Waals surface area contributed by atoms with E-state index in [9.17, 15) is 13.2 Å². The monoisotopic (exact) mass is 536 g/mol. The third-order valence-electron chi connectivity index (χ3n) is 5.30. The van der Waals surface area contributed by atoms with Gasteiger partial charge in [0.25, 0.3) is 0 Å². The molecule has 35 heavy (non-hydrogen) atoms. The average Bonchev–Trinajstić information content (AvgIpc) is 2.83. The van der Waals surface area contributed by atoms with E-state index < -0.39 is 28.5 Å². The minimum Gasteiger partial charge on any atom is -0.493 e. The van der Waals surface area contributed by atoms with E-state index in [1.54, 1.807) is 56.5 Å². The number of hydrogen-bond donors (Lipinski definition) is 1. The fourth-order valence-electron chi connectivity index (χ4n) is 3.47. The van der Waals surface area contributed by atoms with Gasteiger partial charge >= 0.3 is 0 Å². The lowest BCUT2D eigenvalue weighted by Crippen LogP contribution is -2.41. The molecule has 0 unspecified atom stereocenters. The van der Waals surface area contributed by atoms with E-state index in [1.165, 1.54) is 31.4 Å². The molecule has 7 nitrogen and oxygen atoms in total. The molecule has 3 aromatic carbocycles. The molecule has 1 amide bonds. The number of methoxy groups -OCH3 is 2. The molecule has 10 heteroatoms. The lowest BCUT2D eigenvalue weighted by Gasteiger charge is -2.23. The molecule has 0 aliphatic carbocycles. The molecular weight excluding hydrogens is 511 g/mol. The molecular formula is C25H26Cl2N2O5S. The van der Waals surface area contributed by atoms with Gasteiger partial charge in [-0.05, 0) is 66.6 Å². The van der Waals surface area contributed by atoms with Crippen LogP contribution in [0, 0.1) is 0 Å². The van der Waals surface area contributed by atoms with Crippen LogP contribution in [0.2, 0.25) is 10.0 Å². The standard InChI is InChI=1S/C25H26Cl2N2O5S/c1-17(19-7-12-23(33-2)24(14-19)34-3)28-25(30)16-29(15-18-5-4-6-21(27)13-18)35(31,32)22-10-8-20(26)9-11-22/h4-14,17H,15-16H2,1-3H3,(H,28,30)/t17-/m0/s1. The highest BCUT2D eigenvalue weighted by molar-refractivity contribution is 7.89. The zero-order valence-corrected chi connectivity index (χ0v) is 21.8. The Hall–Kier alpha value is -2.78. The highest BCUT2D eigenvalue weighted by atomic mass is 35.5. The van der Waals surface area contributed by atoms with Crippen LogP contribution in [0.4, 0.5) is 0 Å². The number of rotatable bonds is 10. The largest absolute Gasteiger partial charge is 0.493 e. The van der Waals surface area contributed by atoms with Gasteiger partial charge in [0.05, 0.1) is 31.7 Å². The van der Waals surface area contributed by atoms with Gasteiger partial charge in [-0.2, -0.15) is 4.31 Å². The Labute approximate surface area is 215 Å². The topological polar surface area (TPSA) is 84.9 Å². The molecule has 0 fully saturated rings. The molecule has 186 valence electrons. The zero-order chi connectivity index (χ0) is 25.6. The summed E-state index contributed by atoms with van der Waals surface area (Å²) in [5.41, 5.74) is 1.42. The first-order valence-corrected chi connectivity index (χ1v) is 12.8. The first kappa shape index (κ1) is 26.8. The van der Waals surface area contributed by atoms with E-state index in [0.717, 1.165) is 9.87 Å². The number of benzene rings is 3. The number of halogens is 2. The number of hydrogen-bond acceptors (Lipinski definition) is 5. The van der Waals surface area contributed by atoms with Crippen molar-refractivity contribution in [2.45, 2.75) is 24.4 Å². The Morgan fingerprint density at radius 3 is 2.26 bits per heavy atom. The number of ether oxygens (including phenoxy) is 2. The number of carbonyl (C=O) groups is 1. The summed E-state index contributed by atoms with van der Waals surface area (Å²) in [6, 6.07) is 17.5. The van der Waals surface area contributed by atoms with Crippen molar-refractivity contribution in [1.29, 1.82) is 0 Å². The van der Waals surface area contributed by atoms with Crippen molar-refractivity contribution in [1.82, 2.24) is 9.62 Å². The van der Waals surface area contributed by atoms with Gasteiger partial charge in [-0.25, -0.2) is 8.42 Å². The average molecular weight is 537 g/mol. The van der Waals surface area contributed by atoms with Gasteiger partial charge in [0, 0.05) is 16.6 Å². The van der Waals surface area contributed by atoms with Crippen LogP contribution >= 0.6 is 23.2 Å². The van der Waals surface area contributed by atoms with Gasteiger partial charge < -0.3 is 14.8 Å². The van der Waals surface area contributed by atoms with E-state index in [-0.39, 0.29) is 11.4 Å². The lowest BCUT2D eigenvalue weighted by atomic mass is 10.1. The summed E-state index contributed by atoms with van der Waals surface area (Å²) in [5.74, 6) is 0.627. The van der Waals surface area contributed by atoms with Crippen LogP contribution in [0.1, 0.15) is 24.1 Å². The predicted molar refractivity (Wildman–Crippen MR) is 137 cm³/mol.